The topological polar surface area (TPSA) is 69.6 Å². The van der Waals surface area contributed by atoms with E-state index in [1.807, 2.05) is 42.2 Å². The van der Waals surface area contributed by atoms with Gasteiger partial charge in [0.1, 0.15) is 0 Å². The van der Waals surface area contributed by atoms with E-state index in [4.69, 9.17) is 4.52 Å². The van der Waals surface area contributed by atoms with Gasteiger partial charge in [0.25, 0.3) is 5.89 Å². The molecule has 0 bridgehead atoms. The molecule has 6 nitrogen and oxygen atoms in total. The minimum Gasteiger partial charge on any atom is -0.334 e. The third-order valence-corrected chi connectivity index (χ3v) is 4.59. The number of hydrogen-bond donors (Lipinski definition) is 0. The summed E-state index contributed by atoms with van der Waals surface area (Å²) in [5.74, 6) is 1.19. The first-order valence-electron chi connectivity index (χ1n) is 7.43. The highest BCUT2D eigenvalue weighted by molar-refractivity contribution is 7.09. The summed E-state index contributed by atoms with van der Waals surface area (Å²) in [6.07, 6.45) is 2.50. The highest BCUT2D eigenvalue weighted by Crippen LogP contribution is 2.25. The molecule has 4 aromatic rings. The second-order valence-electron chi connectivity index (χ2n) is 5.27. The second-order valence-corrected chi connectivity index (χ2v) is 6.30. The molecule has 0 spiro atoms. The van der Waals surface area contributed by atoms with E-state index in [9.17, 15) is 0 Å². The van der Waals surface area contributed by atoms with E-state index in [2.05, 4.69) is 26.3 Å². The molecule has 0 aliphatic carbocycles. The van der Waals surface area contributed by atoms with Crippen molar-refractivity contribution in [2.75, 3.05) is 0 Å². The lowest BCUT2D eigenvalue weighted by Gasteiger charge is -2.02. The first kappa shape index (κ1) is 14.1. The Morgan fingerprint density at radius 2 is 2.22 bits per heavy atom. The molecule has 0 N–H and O–H groups in total. The summed E-state index contributed by atoms with van der Waals surface area (Å²) in [5, 5.41) is 11.4. The lowest BCUT2D eigenvalue weighted by atomic mass is 10.1. The Balaban J connectivity index is 1.71. The lowest BCUT2D eigenvalue weighted by Crippen LogP contribution is -1.99. The number of fused-ring (bicyclic) bond motifs is 1. The fourth-order valence-corrected chi connectivity index (χ4v) is 3.25. The maximum absolute atomic E-state index is 5.44. The number of nitrogens with zero attached hydrogens (tertiary/aromatic N) is 5. The molecular weight excluding hydrogens is 310 g/mol. The average molecular weight is 325 g/mol. The zero-order valence-corrected chi connectivity index (χ0v) is 13.7. The molecule has 0 saturated heterocycles. The summed E-state index contributed by atoms with van der Waals surface area (Å²) >= 11 is 1.69. The normalized spacial score (nSPS) is 11.4. The molecule has 4 rings (SSSR count). The van der Waals surface area contributed by atoms with Crippen LogP contribution in [0.25, 0.3) is 22.5 Å². The molecule has 0 saturated carbocycles. The number of aromatic nitrogens is 5. The smallest absolute Gasteiger partial charge is 0.259 e. The minimum atomic E-state index is 0.507. The Bertz CT molecular complexity index is 954. The van der Waals surface area contributed by atoms with Gasteiger partial charge < -0.3 is 4.52 Å². The molecule has 0 unspecified atom stereocenters. The molecule has 0 aromatic carbocycles. The summed E-state index contributed by atoms with van der Waals surface area (Å²) in [4.78, 5) is 10.4. The van der Waals surface area contributed by atoms with Crippen molar-refractivity contribution in [1.82, 2.24) is 24.9 Å². The minimum absolute atomic E-state index is 0.507. The van der Waals surface area contributed by atoms with Gasteiger partial charge >= 0.3 is 0 Å². The number of rotatable bonds is 4. The molecule has 7 heteroatoms. The van der Waals surface area contributed by atoms with Crippen molar-refractivity contribution in [3.63, 3.8) is 0 Å². The van der Waals surface area contributed by atoms with E-state index in [0.29, 0.717) is 18.1 Å². The monoisotopic (exact) mass is 325 g/mol. The summed E-state index contributed by atoms with van der Waals surface area (Å²) in [6, 6.07) is 6.10. The SMILES string of the molecule is CCn1ncc2cc(-c3nc(Cc4cccs4)no3)c(C)nc21. The zero-order valence-electron chi connectivity index (χ0n) is 12.9. The standard InChI is InChI=1S/C16H15N5OS/c1-3-21-15-11(9-17-21)7-13(10(2)18-15)16-19-14(20-22-16)8-12-5-4-6-23-12/h4-7,9H,3,8H2,1-2H3. The van der Waals surface area contributed by atoms with Crippen LogP contribution in [-0.4, -0.2) is 24.9 Å². The molecule has 23 heavy (non-hydrogen) atoms. The molecule has 0 aliphatic heterocycles. The molecule has 4 heterocycles. The summed E-state index contributed by atoms with van der Waals surface area (Å²) < 4.78 is 7.32. The maximum atomic E-state index is 5.44. The van der Waals surface area contributed by atoms with Crippen molar-refractivity contribution >= 4 is 22.4 Å². The molecular formula is C16H15N5OS. The Morgan fingerprint density at radius 1 is 1.30 bits per heavy atom. The number of thiophene rings is 1. The Kier molecular flexibility index (Phi) is 3.42. The van der Waals surface area contributed by atoms with Gasteiger partial charge in [0.2, 0.25) is 0 Å². The Labute approximate surface area is 136 Å². The van der Waals surface area contributed by atoms with Crippen LogP contribution in [0.5, 0.6) is 0 Å². The van der Waals surface area contributed by atoms with Gasteiger partial charge in [0, 0.05) is 23.2 Å². The summed E-state index contributed by atoms with van der Waals surface area (Å²) in [7, 11) is 0. The van der Waals surface area contributed by atoms with Crippen LogP contribution in [0, 0.1) is 6.92 Å². The largest absolute Gasteiger partial charge is 0.334 e. The molecule has 0 radical (unpaired) electrons. The van der Waals surface area contributed by atoms with Crippen LogP contribution in [0.2, 0.25) is 0 Å². The lowest BCUT2D eigenvalue weighted by molar-refractivity contribution is 0.423. The quantitative estimate of drug-likeness (QED) is 0.574. The maximum Gasteiger partial charge on any atom is 0.259 e. The molecule has 0 atom stereocenters. The molecule has 116 valence electrons. The average Bonchev–Trinajstić information content (AvgIpc) is 3.27. The molecule has 4 aromatic heterocycles. The number of aryl methyl sites for hydroxylation is 2. The van der Waals surface area contributed by atoms with Crippen LogP contribution in [0.3, 0.4) is 0 Å². The predicted octanol–water partition coefficient (Wildman–Crippen LogP) is 3.46. The predicted molar refractivity (Wildman–Crippen MR) is 88.4 cm³/mol. The van der Waals surface area contributed by atoms with E-state index < -0.39 is 0 Å². The highest BCUT2D eigenvalue weighted by atomic mass is 32.1. The van der Waals surface area contributed by atoms with Crippen molar-refractivity contribution in [3.8, 4) is 11.5 Å². The van der Waals surface area contributed by atoms with Gasteiger partial charge in [-0.3, -0.25) is 0 Å². The van der Waals surface area contributed by atoms with Gasteiger partial charge in [-0.05, 0) is 31.4 Å². The van der Waals surface area contributed by atoms with Crippen molar-refractivity contribution in [2.45, 2.75) is 26.8 Å². The molecule has 0 aliphatic rings. The summed E-state index contributed by atoms with van der Waals surface area (Å²) in [5.41, 5.74) is 2.60. The van der Waals surface area contributed by atoms with E-state index in [0.717, 1.165) is 28.8 Å². The van der Waals surface area contributed by atoms with Crippen molar-refractivity contribution in [3.05, 3.63) is 46.2 Å². The van der Waals surface area contributed by atoms with E-state index in [1.165, 1.54) is 4.88 Å². The first-order chi connectivity index (χ1) is 11.2. The summed E-state index contributed by atoms with van der Waals surface area (Å²) in [6.45, 7) is 4.79. The van der Waals surface area contributed by atoms with Crippen molar-refractivity contribution in [2.24, 2.45) is 0 Å². The van der Waals surface area contributed by atoms with Crippen LogP contribution in [0.4, 0.5) is 0 Å². The van der Waals surface area contributed by atoms with E-state index >= 15 is 0 Å². The second kappa shape index (κ2) is 5.58. The zero-order chi connectivity index (χ0) is 15.8. The van der Waals surface area contributed by atoms with Crippen LogP contribution >= 0.6 is 11.3 Å². The van der Waals surface area contributed by atoms with Gasteiger partial charge in [-0.2, -0.15) is 10.1 Å². The van der Waals surface area contributed by atoms with Gasteiger partial charge in [0.15, 0.2) is 11.5 Å². The fourth-order valence-electron chi connectivity index (χ4n) is 2.55. The number of hydrogen-bond acceptors (Lipinski definition) is 6. The van der Waals surface area contributed by atoms with Crippen molar-refractivity contribution < 1.29 is 4.52 Å². The van der Waals surface area contributed by atoms with Crippen LogP contribution in [0.1, 0.15) is 23.3 Å². The number of pyridine rings is 1. The first-order valence-corrected chi connectivity index (χ1v) is 8.31. The van der Waals surface area contributed by atoms with Gasteiger partial charge in [-0.1, -0.05) is 11.2 Å². The van der Waals surface area contributed by atoms with Crippen LogP contribution < -0.4 is 0 Å². The van der Waals surface area contributed by atoms with E-state index in [-0.39, 0.29) is 0 Å². The highest BCUT2D eigenvalue weighted by Gasteiger charge is 2.15. The van der Waals surface area contributed by atoms with Crippen molar-refractivity contribution in [1.29, 1.82) is 0 Å². The third-order valence-electron chi connectivity index (χ3n) is 3.71. The Morgan fingerprint density at radius 3 is 3.00 bits per heavy atom. The molecule has 0 amide bonds. The van der Waals surface area contributed by atoms with Gasteiger partial charge in [0.05, 0.1) is 17.5 Å². The Hall–Kier alpha value is -2.54. The van der Waals surface area contributed by atoms with Crippen LogP contribution in [0.15, 0.2) is 34.3 Å². The van der Waals surface area contributed by atoms with Gasteiger partial charge in [-0.15, -0.1) is 11.3 Å². The molecule has 0 fully saturated rings. The van der Waals surface area contributed by atoms with Crippen LogP contribution in [-0.2, 0) is 13.0 Å². The third kappa shape index (κ3) is 2.53. The van der Waals surface area contributed by atoms with E-state index in [1.54, 1.807) is 11.3 Å². The fraction of sp³-hybridized carbons (Fsp3) is 0.250. The van der Waals surface area contributed by atoms with Gasteiger partial charge in [-0.25, -0.2) is 9.67 Å².